The molecule has 0 saturated carbocycles. The van der Waals surface area contributed by atoms with Crippen molar-refractivity contribution in [1.82, 2.24) is 39.7 Å². The van der Waals surface area contributed by atoms with Gasteiger partial charge in [0.05, 0.1) is 24.6 Å². The van der Waals surface area contributed by atoms with Crippen LogP contribution in [-0.2, 0) is 9.59 Å². The summed E-state index contributed by atoms with van der Waals surface area (Å²) in [5.74, 6) is 0.789. The third-order valence-electron chi connectivity index (χ3n) is 8.11. The number of carbonyl (C=O) groups is 2. The molecule has 4 N–H and O–H groups in total. The first kappa shape index (κ1) is 32.6. The SMILES string of the molecule is C=CC(=O)N1CCC(Oc2cnc3[nH]cc(C(C)O)c3n2)CC1.C=CC(=O)N1CCC(Oc2cnc3[nH]cc([C@H](C)O)c3n2)CC1. The summed E-state index contributed by atoms with van der Waals surface area (Å²) in [5.41, 5.74) is 3.89. The average molecular weight is 633 g/mol. The van der Waals surface area contributed by atoms with Crippen LogP contribution < -0.4 is 9.47 Å². The van der Waals surface area contributed by atoms with E-state index >= 15 is 0 Å². The second-order valence-corrected chi connectivity index (χ2v) is 11.3. The molecule has 0 bridgehead atoms. The van der Waals surface area contributed by atoms with E-state index in [1.54, 1.807) is 48.4 Å². The molecule has 2 aliphatic heterocycles. The Balaban J connectivity index is 0.000000181. The number of amides is 2. The maximum absolute atomic E-state index is 11.6. The van der Waals surface area contributed by atoms with E-state index in [-0.39, 0.29) is 24.0 Å². The smallest absolute Gasteiger partial charge is 0.245 e. The zero-order valence-corrected chi connectivity index (χ0v) is 26.1. The molecule has 2 atom stereocenters. The molecule has 14 heteroatoms. The second kappa shape index (κ2) is 14.5. The number of aromatic nitrogens is 6. The summed E-state index contributed by atoms with van der Waals surface area (Å²) in [5, 5.41) is 19.5. The number of aliphatic hydroxyl groups is 2. The van der Waals surface area contributed by atoms with Crippen molar-refractivity contribution in [3.05, 3.63) is 61.2 Å². The van der Waals surface area contributed by atoms with E-state index in [1.807, 2.05) is 0 Å². The number of H-pyrrole nitrogens is 2. The summed E-state index contributed by atoms with van der Waals surface area (Å²) >= 11 is 0. The zero-order chi connectivity index (χ0) is 32.8. The topological polar surface area (TPSA) is 183 Å². The van der Waals surface area contributed by atoms with Gasteiger partial charge in [0.25, 0.3) is 0 Å². The lowest BCUT2D eigenvalue weighted by molar-refractivity contribution is -0.128. The van der Waals surface area contributed by atoms with Gasteiger partial charge < -0.3 is 39.5 Å². The highest BCUT2D eigenvalue weighted by atomic mass is 16.5. The van der Waals surface area contributed by atoms with Crippen molar-refractivity contribution in [2.75, 3.05) is 26.2 Å². The van der Waals surface area contributed by atoms with E-state index in [1.165, 1.54) is 12.2 Å². The Labute approximate surface area is 266 Å². The minimum Gasteiger partial charge on any atom is -0.473 e. The van der Waals surface area contributed by atoms with Gasteiger partial charge in [0.15, 0.2) is 11.3 Å². The minimum atomic E-state index is -0.624. The fraction of sp³-hybridized carbons (Fsp3) is 0.438. The molecule has 1 unspecified atom stereocenters. The van der Waals surface area contributed by atoms with Gasteiger partial charge in [0.1, 0.15) is 23.2 Å². The number of nitrogens with one attached hydrogen (secondary N) is 2. The maximum atomic E-state index is 11.6. The number of nitrogens with zero attached hydrogens (tertiary/aromatic N) is 6. The molecule has 0 aromatic carbocycles. The third-order valence-corrected chi connectivity index (χ3v) is 8.11. The Morgan fingerprint density at radius 1 is 0.783 bits per heavy atom. The normalized spacial score (nSPS) is 17.2. The summed E-state index contributed by atoms with van der Waals surface area (Å²) in [7, 11) is 0. The van der Waals surface area contributed by atoms with Crippen LogP contribution in [0.1, 0.15) is 62.9 Å². The van der Waals surface area contributed by atoms with Crippen LogP contribution in [0.2, 0.25) is 0 Å². The molecule has 2 saturated heterocycles. The van der Waals surface area contributed by atoms with E-state index in [0.29, 0.717) is 71.4 Å². The second-order valence-electron chi connectivity index (χ2n) is 11.3. The molecule has 0 spiro atoms. The van der Waals surface area contributed by atoms with Gasteiger partial charge in [-0.3, -0.25) is 9.59 Å². The van der Waals surface area contributed by atoms with Gasteiger partial charge in [-0.1, -0.05) is 13.2 Å². The first-order chi connectivity index (χ1) is 22.2. The van der Waals surface area contributed by atoms with Crippen LogP contribution in [0.4, 0.5) is 0 Å². The first-order valence-corrected chi connectivity index (χ1v) is 15.4. The number of piperidine rings is 2. The van der Waals surface area contributed by atoms with Gasteiger partial charge >= 0.3 is 0 Å². The average Bonchev–Trinajstić information content (AvgIpc) is 3.69. The molecule has 2 amide bonds. The minimum absolute atomic E-state index is 0.00422. The van der Waals surface area contributed by atoms with Crippen LogP contribution in [0.15, 0.2) is 50.1 Å². The summed E-state index contributed by atoms with van der Waals surface area (Å²) in [6.07, 6.45) is 11.0. The Kier molecular flexibility index (Phi) is 10.3. The number of likely N-dealkylation sites (tertiary alicyclic amines) is 2. The third kappa shape index (κ3) is 7.51. The van der Waals surface area contributed by atoms with Gasteiger partial charge in [-0.05, 0) is 26.0 Å². The number of aromatic amines is 2. The molecule has 244 valence electrons. The molecule has 6 rings (SSSR count). The summed E-state index contributed by atoms with van der Waals surface area (Å²) in [6, 6.07) is 0. The van der Waals surface area contributed by atoms with E-state index in [4.69, 9.17) is 9.47 Å². The number of carbonyl (C=O) groups excluding carboxylic acids is 2. The fourth-order valence-electron chi connectivity index (χ4n) is 5.53. The molecule has 4 aromatic rings. The molecule has 14 nitrogen and oxygen atoms in total. The predicted molar refractivity (Wildman–Crippen MR) is 170 cm³/mol. The molecule has 0 radical (unpaired) electrons. The van der Waals surface area contributed by atoms with Gasteiger partial charge in [-0.25, -0.2) is 19.9 Å². The fourth-order valence-corrected chi connectivity index (χ4v) is 5.53. The zero-order valence-electron chi connectivity index (χ0n) is 26.1. The molecule has 2 aliphatic rings. The van der Waals surface area contributed by atoms with Crippen molar-refractivity contribution in [3.8, 4) is 11.8 Å². The molecule has 2 fully saturated rings. The number of fused-ring (bicyclic) bond motifs is 2. The monoisotopic (exact) mass is 632 g/mol. The van der Waals surface area contributed by atoms with Gasteiger partial charge in [0, 0.05) is 75.4 Å². The van der Waals surface area contributed by atoms with Gasteiger partial charge in [0.2, 0.25) is 23.6 Å². The van der Waals surface area contributed by atoms with Crippen molar-refractivity contribution in [1.29, 1.82) is 0 Å². The largest absolute Gasteiger partial charge is 0.473 e. The highest BCUT2D eigenvalue weighted by Crippen LogP contribution is 2.26. The summed E-state index contributed by atoms with van der Waals surface area (Å²) < 4.78 is 11.8. The number of rotatable bonds is 8. The molecule has 0 aliphatic carbocycles. The lowest BCUT2D eigenvalue weighted by Crippen LogP contribution is -2.41. The number of aliphatic hydroxyl groups excluding tert-OH is 2. The van der Waals surface area contributed by atoms with Crippen LogP contribution in [-0.4, -0.2) is 100 Å². The lowest BCUT2D eigenvalue weighted by atomic mass is 10.1. The quantitative estimate of drug-likeness (QED) is 0.211. The Morgan fingerprint density at radius 3 is 1.48 bits per heavy atom. The van der Waals surface area contributed by atoms with Crippen molar-refractivity contribution in [2.24, 2.45) is 0 Å². The highest BCUT2D eigenvalue weighted by Gasteiger charge is 2.25. The summed E-state index contributed by atoms with van der Waals surface area (Å²) in [6.45, 7) is 13.0. The standard InChI is InChI=1S/2C16H20N4O3/c2*1-3-14(22)20-6-4-11(5-7-20)23-13-9-18-16-15(19-13)12(8-17-16)10(2)21/h2*3,8-11,21H,1,4-7H2,2H3,(H,17,18)/t10-;/m0./s1. The molecule has 4 aromatic heterocycles. The Bertz CT molecular complexity index is 1560. The Hall–Kier alpha value is -4.82. The molecule has 6 heterocycles. The van der Waals surface area contributed by atoms with Crippen LogP contribution in [0.3, 0.4) is 0 Å². The van der Waals surface area contributed by atoms with Crippen LogP contribution in [0.5, 0.6) is 11.8 Å². The predicted octanol–water partition coefficient (Wildman–Crippen LogP) is 3.13. The highest BCUT2D eigenvalue weighted by molar-refractivity contribution is 5.87. The van der Waals surface area contributed by atoms with Gasteiger partial charge in [-0.15, -0.1) is 0 Å². The lowest BCUT2D eigenvalue weighted by Gasteiger charge is -2.31. The first-order valence-electron chi connectivity index (χ1n) is 15.4. The summed E-state index contributed by atoms with van der Waals surface area (Å²) in [4.78, 5) is 50.1. The van der Waals surface area contributed by atoms with E-state index in [0.717, 1.165) is 25.7 Å². The van der Waals surface area contributed by atoms with Crippen molar-refractivity contribution in [2.45, 2.75) is 63.9 Å². The van der Waals surface area contributed by atoms with E-state index < -0.39 is 12.2 Å². The van der Waals surface area contributed by atoms with Crippen molar-refractivity contribution >= 4 is 34.1 Å². The maximum Gasteiger partial charge on any atom is 0.245 e. The molecule has 46 heavy (non-hydrogen) atoms. The van der Waals surface area contributed by atoms with Crippen LogP contribution >= 0.6 is 0 Å². The van der Waals surface area contributed by atoms with Crippen molar-refractivity contribution in [3.63, 3.8) is 0 Å². The molecular weight excluding hydrogens is 592 g/mol. The number of hydrogen-bond donors (Lipinski definition) is 4. The Morgan fingerprint density at radius 2 is 1.15 bits per heavy atom. The van der Waals surface area contributed by atoms with Crippen LogP contribution in [0.25, 0.3) is 22.3 Å². The van der Waals surface area contributed by atoms with E-state index in [9.17, 15) is 19.8 Å². The van der Waals surface area contributed by atoms with Crippen molar-refractivity contribution < 1.29 is 29.3 Å². The number of hydrogen-bond acceptors (Lipinski definition) is 10. The van der Waals surface area contributed by atoms with Gasteiger partial charge in [-0.2, -0.15) is 0 Å². The van der Waals surface area contributed by atoms with Crippen LogP contribution in [0, 0.1) is 0 Å². The van der Waals surface area contributed by atoms with E-state index in [2.05, 4.69) is 43.1 Å². The number of ether oxygens (including phenoxy) is 2. The molecular formula is C32H40N8O6.